The maximum Gasteiger partial charge on any atom is 0.197 e. The van der Waals surface area contributed by atoms with E-state index < -0.39 is 4.92 Å². The fourth-order valence-corrected chi connectivity index (χ4v) is 0.611. The number of furan rings is 1. The SMILES string of the molecule is C.CCC(=O)c1ccco1.C[N+](=O)[O-]. The number of carbonyl (C=O) groups excluding carboxylic acids is 1. The van der Waals surface area contributed by atoms with E-state index in [4.69, 9.17) is 14.5 Å². The second-order valence-electron chi connectivity index (χ2n) is 2.19. The first-order valence-electron chi connectivity index (χ1n) is 3.72. The standard InChI is InChI=1S/C7H8O2.CH3NO2.CH4/c1-2-6(8)7-4-3-5-9-7;1-2(3)4;/h3-5H,2H2,1H3;1H3;1H4. The number of nitro groups is 1. The molecule has 0 radical (unpaired) electrons. The van der Waals surface area contributed by atoms with Crippen LogP contribution in [0.5, 0.6) is 0 Å². The summed E-state index contributed by atoms with van der Waals surface area (Å²) in [7, 11) is 0.889. The van der Waals surface area contributed by atoms with Gasteiger partial charge in [-0.15, -0.1) is 0 Å². The van der Waals surface area contributed by atoms with Gasteiger partial charge in [0.15, 0.2) is 18.6 Å². The highest BCUT2D eigenvalue weighted by molar-refractivity contribution is 5.93. The normalized spacial score (nSPS) is 7.86. The average Bonchev–Trinajstić information content (AvgIpc) is 2.54. The van der Waals surface area contributed by atoms with Crippen LogP contribution in [0.25, 0.3) is 0 Å². The highest BCUT2D eigenvalue weighted by atomic mass is 16.6. The van der Waals surface area contributed by atoms with Crippen LogP contribution in [0.4, 0.5) is 0 Å². The van der Waals surface area contributed by atoms with Crippen molar-refractivity contribution in [3.05, 3.63) is 34.3 Å². The summed E-state index contributed by atoms with van der Waals surface area (Å²) in [6, 6.07) is 3.38. The third-order valence-corrected chi connectivity index (χ3v) is 1.12. The predicted octanol–water partition coefficient (Wildman–Crippen LogP) is 2.40. The van der Waals surface area contributed by atoms with E-state index in [9.17, 15) is 4.79 Å². The molecule has 1 aromatic rings. The molecule has 0 spiro atoms. The first kappa shape index (κ1) is 14.9. The topological polar surface area (TPSA) is 73.3 Å². The molecular formula is C9H15NO4. The molecule has 1 aromatic heterocycles. The third-order valence-electron chi connectivity index (χ3n) is 1.12. The van der Waals surface area contributed by atoms with Gasteiger partial charge in [-0.1, -0.05) is 14.4 Å². The summed E-state index contributed by atoms with van der Waals surface area (Å²) in [5, 5.41) is 8.81. The van der Waals surface area contributed by atoms with Crippen molar-refractivity contribution < 1.29 is 14.1 Å². The fraction of sp³-hybridized carbons (Fsp3) is 0.444. The number of nitrogens with zero attached hydrogens (tertiary/aromatic N) is 1. The van der Waals surface area contributed by atoms with Crippen molar-refractivity contribution in [2.45, 2.75) is 20.8 Å². The van der Waals surface area contributed by atoms with E-state index in [0.29, 0.717) is 12.2 Å². The van der Waals surface area contributed by atoms with E-state index in [1.54, 1.807) is 12.1 Å². The second kappa shape index (κ2) is 7.97. The van der Waals surface area contributed by atoms with Gasteiger partial charge in [0, 0.05) is 11.3 Å². The van der Waals surface area contributed by atoms with E-state index in [0.717, 1.165) is 7.05 Å². The molecule has 80 valence electrons. The Hall–Kier alpha value is -1.65. The van der Waals surface area contributed by atoms with Gasteiger partial charge in [0.1, 0.15) is 0 Å². The molecule has 5 heteroatoms. The molecule has 0 unspecified atom stereocenters. The zero-order valence-electron chi connectivity index (χ0n) is 7.52. The number of Topliss-reactive ketones (excluding diaryl/α,β-unsaturated/α-hetero) is 1. The minimum Gasteiger partial charge on any atom is -0.461 e. The van der Waals surface area contributed by atoms with Crippen molar-refractivity contribution in [1.29, 1.82) is 0 Å². The number of hydrogen-bond donors (Lipinski definition) is 0. The van der Waals surface area contributed by atoms with E-state index in [-0.39, 0.29) is 13.2 Å². The van der Waals surface area contributed by atoms with Gasteiger partial charge in [-0.05, 0) is 12.1 Å². The molecular weight excluding hydrogens is 186 g/mol. The van der Waals surface area contributed by atoms with Crippen LogP contribution in [0.15, 0.2) is 22.8 Å². The van der Waals surface area contributed by atoms with Crippen molar-refractivity contribution in [1.82, 2.24) is 0 Å². The maximum atomic E-state index is 10.8. The van der Waals surface area contributed by atoms with Crippen LogP contribution in [-0.2, 0) is 0 Å². The van der Waals surface area contributed by atoms with Crippen LogP contribution in [0.2, 0.25) is 0 Å². The van der Waals surface area contributed by atoms with Crippen LogP contribution < -0.4 is 0 Å². The summed E-state index contributed by atoms with van der Waals surface area (Å²) >= 11 is 0. The molecule has 0 saturated carbocycles. The Balaban J connectivity index is 0. The van der Waals surface area contributed by atoms with Gasteiger partial charge >= 0.3 is 0 Å². The van der Waals surface area contributed by atoms with Crippen LogP contribution >= 0.6 is 0 Å². The maximum absolute atomic E-state index is 10.8. The Bertz CT molecular complexity index is 262. The van der Waals surface area contributed by atoms with Crippen molar-refractivity contribution in [3.63, 3.8) is 0 Å². The molecule has 1 heterocycles. The van der Waals surface area contributed by atoms with Crippen molar-refractivity contribution in [3.8, 4) is 0 Å². The molecule has 0 aliphatic carbocycles. The summed E-state index contributed by atoms with van der Waals surface area (Å²) in [5.74, 6) is 0.512. The van der Waals surface area contributed by atoms with Crippen LogP contribution in [0.3, 0.4) is 0 Å². The van der Waals surface area contributed by atoms with Crippen molar-refractivity contribution >= 4 is 5.78 Å². The van der Waals surface area contributed by atoms with E-state index in [2.05, 4.69) is 0 Å². The largest absolute Gasteiger partial charge is 0.461 e. The summed E-state index contributed by atoms with van der Waals surface area (Å²) in [6.45, 7) is 1.81. The van der Waals surface area contributed by atoms with Gasteiger partial charge in [0.05, 0.1) is 6.26 Å². The van der Waals surface area contributed by atoms with Gasteiger partial charge in [-0.3, -0.25) is 14.9 Å². The molecule has 0 fully saturated rings. The lowest BCUT2D eigenvalue weighted by molar-refractivity contribution is -0.445. The van der Waals surface area contributed by atoms with Crippen molar-refractivity contribution in [2.24, 2.45) is 0 Å². The Morgan fingerprint density at radius 2 is 2.14 bits per heavy atom. The molecule has 5 nitrogen and oxygen atoms in total. The number of ketones is 1. The van der Waals surface area contributed by atoms with Gasteiger partial charge in [-0.25, -0.2) is 0 Å². The van der Waals surface area contributed by atoms with Crippen LogP contribution in [0.1, 0.15) is 31.3 Å². The van der Waals surface area contributed by atoms with E-state index in [1.165, 1.54) is 6.26 Å². The zero-order valence-corrected chi connectivity index (χ0v) is 7.52. The summed E-state index contributed by atoms with van der Waals surface area (Å²) in [5.41, 5.74) is 0. The summed E-state index contributed by atoms with van der Waals surface area (Å²) < 4.78 is 4.84. The van der Waals surface area contributed by atoms with E-state index >= 15 is 0 Å². The van der Waals surface area contributed by atoms with Gasteiger partial charge in [0.25, 0.3) is 0 Å². The van der Waals surface area contributed by atoms with Gasteiger partial charge in [0.2, 0.25) is 0 Å². The first-order valence-corrected chi connectivity index (χ1v) is 3.72. The predicted molar refractivity (Wildman–Crippen MR) is 53.0 cm³/mol. The monoisotopic (exact) mass is 201 g/mol. The van der Waals surface area contributed by atoms with Crippen LogP contribution in [-0.4, -0.2) is 17.8 Å². The fourth-order valence-electron chi connectivity index (χ4n) is 0.611. The Kier molecular flexibility index (Phi) is 8.46. The highest BCUT2D eigenvalue weighted by Gasteiger charge is 2.02. The van der Waals surface area contributed by atoms with Gasteiger partial charge < -0.3 is 4.42 Å². The molecule has 0 amide bonds. The average molecular weight is 201 g/mol. The highest BCUT2D eigenvalue weighted by Crippen LogP contribution is 2.02. The van der Waals surface area contributed by atoms with Gasteiger partial charge in [-0.2, -0.15) is 0 Å². The minimum absolute atomic E-state index is 0. The number of carbonyl (C=O) groups is 1. The lowest BCUT2D eigenvalue weighted by atomic mass is 10.2. The molecule has 0 bridgehead atoms. The Labute approximate surface area is 82.9 Å². The summed E-state index contributed by atoms with van der Waals surface area (Å²) in [4.78, 5) is 19.1. The quantitative estimate of drug-likeness (QED) is 0.418. The molecule has 0 saturated heterocycles. The number of hydrogen-bond acceptors (Lipinski definition) is 4. The molecule has 1 rings (SSSR count). The van der Waals surface area contributed by atoms with E-state index in [1.807, 2.05) is 6.92 Å². The Morgan fingerprint density at radius 3 is 2.43 bits per heavy atom. The minimum atomic E-state index is -0.500. The molecule has 0 aliphatic heterocycles. The molecule has 0 atom stereocenters. The van der Waals surface area contributed by atoms with Crippen molar-refractivity contribution in [2.75, 3.05) is 7.05 Å². The van der Waals surface area contributed by atoms with Crippen LogP contribution in [0, 0.1) is 10.1 Å². The third kappa shape index (κ3) is 7.02. The lowest BCUT2D eigenvalue weighted by Gasteiger charge is -1.86. The molecule has 0 aliphatic rings. The number of rotatable bonds is 2. The smallest absolute Gasteiger partial charge is 0.197 e. The second-order valence-corrected chi connectivity index (χ2v) is 2.19. The first-order chi connectivity index (χ1) is 6.07. The Morgan fingerprint density at radius 1 is 1.64 bits per heavy atom. The lowest BCUT2D eigenvalue weighted by Crippen LogP contribution is -1.91. The summed E-state index contributed by atoms with van der Waals surface area (Å²) in [6.07, 6.45) is 2.01. The zero-order chi connectivity index (χ0) is 10.3. The molecule has 0 aromatic carbocycles. The molecule has 14 heavy (non-hydrogen) atoms. The molecule has 0 N–H and O–H groups in total.